The van der Waals surface area contributed by atoms with E-state index < -0.39 is 0 Å². The van der Waals surface area contributed by atoms with Gasteiger partial charge in [0.2, 0.25) is 0 Å². The zero-order chi connectivity index (χ0) is 8.97. The van der Waals surface area contributed by atoms with Crippen molar-refractivity contribution in [2.45, 2.75) is 20.3 Å². The Balaban J connectivity index is 2.76. The molecular formula is C11H13F. The normalized spacial score (nSPS) is 9.58. The summed E-state index contributed by atoms with van der Waals surface area (Å²) >= 11 is 0. The Bertz CT molecular complexity index is 283. The number of hydrogen-bond donors (Lipinski definition) is 0. The van der Waals surface area contributed by atoms with E-state index in [1.807, 2.05) is 32.1 Å². The molecule has 0 amide bonds. The minimum Gasteiger partial charge on any atom is -0.207 e. The van der Waals surface area contributed by atoms with E-state index in [1.165, 1.54) is 11.6 Å². The summed E-state index contributed by atoms with van der Waals surface area (Å²) in [5.41, 5.74) is 1.98. The average Bonchev–Trinajstić information content (AvgIpc) is 2.03. The fourth-order valence-electron chi connectivity index (χ4n) is 0.978. The summed E-state index contributed by atoms with van der Waals surface area (Å²) in [7, 11) is 0. The number of rotatable bonds is 2. The van der Waals surface area contributed by atoms with Crippen LogP contribution in [0.1, 0.15) is 19.4 Å². The molecule has 0 bridgehead atoms. The SMILES string of the molecule is CC(C)=CCc1ccccc1F. The summed E-state index contributed by atoms with van der Waals surface area (Å²) in [5.74, 6) is -0.116. The molecule has 0 aliphatic heterocycles. The van der Waals surface area contributed by atoms with Gasteiger partial charge in [-0.1, -0.05) is 29.8 Å². The second-order valence-electron chi connectivity index (χ2n) is 3.08. The van der Waals surface area contributed by atoms with Gasteiger partial charge in [-0.25, -0.2) is 4.39 Å². The van der Waals surface area contributed by atoms with E-state index in [1.54, 1.807) is 6.07 Å². The number of allylic oxidation sites excluding steroid dienone is 2. The molecule has 0 unspecified atom stereocenters. The van der Waals surface area contributed by atoms with Crippen LogP contribution in [-0.2, 0) is 6.42 Å². The van der Waals surface area contributed by atoms with Gasteiger partial charge in [0.1, 0.15) is 5.82 Å². The van der Waals surface area contributed by atoms with Crippen LogP contribution in [0.4, 0.5) is 4.39 Å². The van der Waals surface area contributed by atoms with Gasteiger partial charge in [-0.05, 0) is 31.9 Å². The lowest BCUT2D eigenvalue weighted by Gasteiger charge is -1.98. The number of benzene rings is 1. The van der Waals surface area contributed by atoms with Gasteiger partial charge >= 0.3 is 0 Å². The molecule has 0 heterocycles. The molecule has 0 nitrogen and oxygen atoms in total. The van der Waals surface area contributed by atoms with E-state index in [-0.39, 0.29) is 5.82 Å². The smallest absolute Gasteiger partial charge is 0.126 e. The standard InChI is InChI=1S/C11H13F/c1-9(2)7-8-10-5-3-4-6-11(10)12/h3-7H,8H2,1-2H3. The van der Waals surface area contributed by atoms with Crippen LogP contribution in [0.5, 0.6) is 0 Å². The van der Waals surface area contributed by atoms with Crippen LogP contribution in [-0.4, -0.2) is 0 Å². The van der Waals surface area contributed by atoms with Crippen LogP contribution in [0.25, 0.3) is 0 Å². The fraction of sp³-hybridized carbons (Fsp3) is 0.273. The zero-order valence-corrected chi connectivity index (χ0v) is 7.47. The van der Waals surface area contributed by atoms with Gasteiger partial charge in [0.05, 0.1) is 0 Å². The third-order valence-electron chi connectivity index (χ3n) is 1.69. The van der Waals surface area contributed by atoms with Crippen molar-refractivity contribution in [3.63, 3.8) is 0 Å². The van der Waals surface area contributed by atoms with Crippen LogP contribution < -0.4 is 0 Å². The predicted octanol–water partition coefficient (Wildman–Crippen LogP) is 3.33. The molecule has 0 spiro atoms. The summed E-state index contributed by atoms with van der Waals surface area (Å²) in [6, 6.07) is 6.88. The molecule has 1 aromatic rings. The van der Waals surface area contributed by atoms with Gasteiger partial charge in [0, 0.05) is 0 Å². The van der Waals surface area contributed by atoms with E-state index >= 15 is 0 Å². The first-order valence-corrected chi connectivity index (χ1v) is 4.07. The molecule has 0 radical (unpaired) electrons. The lowest BCUT2D eigenvalue weighted by atomic mass is 10.1. The monoisotopic (exact) mass is 164 g/mol. The minimum atomic E-state index is -0.116. The molecule has 1 rings (SSSR count). The van der Waals surface area contributed by atoms with Crippen LogP contribution in [0.15, 0.2) is 35.9 Å². The fourth-order valence-corrected chi connectivity index (χ4v) is 0.978. The molecule has 64 valence electrons. The van der Waals surface area contributed by atoms with Crippen molar-refractivity contribution in [2.24, 2.45) is 0 Å². The number of halogens is 1. The summed E-state index contributed by atoms with van der Waals surface area (Å²) < 4.78 is 13.0. The molecule has 12 heavy (non-hydrogen) atoms. The van der Waals surface area contributed by atoms with Gasteiger partial charge in [0.15, 0.2) is 0 Å². The van der Waals surface area contributed by atoms with Gasteiger partial charge in [0.25, 0.3) is 0 Å². The Labute approximate surface area is 72.7 Å². The predicted molar refractivity (Wildman–Crippen MR) is 49.5 cm³/mol. The van der Waals surface area contributed by atoms with Crippen LogP contribution >= 0.6 is 0 Å². The Morgan fingerprint density at radius 2 is 2.00 bits per heavy atom. The van der Waals surface area contributed by atoms with Gasteiger partial charge < -0.3 is 0 Å². The van der Waals surface area contributed by atoms with Crippen molar-refractivity contribution in [3.8, 4) is 0 Å². The Kier molecular flexibility index (Phi) is 3.03. The van der Waals surface area contributed by atoms with E-state index in [9.17, 15) is 4.39 Å². The molecule has 0 aliphatic carbocycles. The highest BCUT2D eigenvalue weighted by Gasteiger charge is 1.96. The van der Waals surface area contributed by atoms with Gasteiger partial charge in [-0.15, -0.1) is 0 Å². The second-order valence-corrected chi connectivity index (χ2v) is 3.08. The summed E-state index contributed by atoms with van der Waals surface area (Å²) in [5, 5.41) is 0. The highest BCUT2D eigenvalue weighted by atomic mass is 19.1. The van der Waals surface area contributed by atoms with Crippen molar-refractivity contribution in [1.82, 2.24) is 0 Å². The van der Waals surface area contributed by atoms with Crippen molar-refractivity contribution in [3.05, 3.63) is 47.3 Å². The molecule has 0 atom stereocenters. The highest BCUT2D eigenvalue weighted by molar-refractivity contribution is 5.20. The molecule has 0 saturated heterocycles. The van der Waals surface area contributed by atoms with Gasteiger partial charge in [-0.2, -0.15) is 0 Å². The molecule has 0 fully saturated rings. The third kappa shape index (κ3) is 2.50. The summed E-state index contributed by atoms with van der Waals surface area (Å²) in [4.78, 5) is 0. The van der Waals surface area contributed by atoms with E-state index in [0.29, 0.717) is 6.42 Å². The number of hydrogen-bond acceptors (Lipinski definition) is 0. The Hall–Kier alpha value is -1.11. The molecule has 1 heteroatoms. The molecule has 0 aliphatic rings. The molecule has 1 aromatic carbocycles. The first kappa shape index (κ1) is 8.98. The highest BCUT2D eigenvalue weighted by Crippen LogP contribution is 2.08. The maximum absolute atomic E-state index is 13.0. The van der Waals surface area contributed by atoms with Crippen molar-refractivity contribution >= 4 is 0 Å². The zero-order valence-electron chi connectivity index (χ0n) is 7.47. The van der Waals surface area contributed by atoms with Crippen molar-refractivity contribution in [2.75, 3.05) is 0 Å². The quantitative estimate of drug-likeness (QED) is 0.588. The Morgan fingerprint density at radius 1 is 1.33 bits per heavy atom. The maximum Gasteiger partial charge on any atom is 0.126 e. The first-order valence-electron chi connectivity index (χ1n) is 4.07. The summed E-state index contributed by atoms with van der Waals surface area (Å²) in [6.07, 6.45) is 2.72. The maximum atomic E-state index is 13.0. The third-order valence-corrected chi connectivity index (χ3v) is 1.69. The Morgan fingerprint density at radius 3 is 2.58 bits per heavy atom. The lowest BCUT2D eigenvalue weighted by Crippen LogP contribution is -1.86. The average molecular weight is 164 g/mol. The van der Waals surface area contributed by atoms with Crippen LogP contribution in [0.2, 0.25) is 0 Å². The molecule has 0 aromatic heterocycles. The lowest BCUT2D eigenvalue weighted by molar-refractivity contribution is 0.614. The molecule has 0 saturated carbocycles. The first-order chi connectivity index (χ1) is 5.70. The topological polar surface area (TPSA) is 0 Å². The van der Waals surface area contributed by atoms with E-state index in [4.69, 9.17) is 0 Å². The molecular weight excluding hydrogens is 151 g/mol. The van der Waals surface area contributed by atoms with Crippen LogP contribution in [0, 0.1) is 5.82 Å². The largest absolute Gasteiger partial charge is 0.207 e. The second kappa shape index (κ2) is 4.05. The van der Waals surface area contributed by atoms with Crippen LogP contribution in [0.3, 0.4) is 0 Å². The minimum absolute atomic E-state index is 0.116. The van der Waals surface area contributed by atoms with Crippen molar-refractivity contribution < 1.29 is 4.39 Å². The molecule has 0 N–H and O–H groups in total. The van der Waals surface area contributed by atoms with Gasteiger partial charge in [-0.3, -0.25) is 0 Å². The van der Waals surface area contributed by atoms with E-state index in [2.05, 4.69) is 0 Å². The van der Waals surface area contributed by atoms with Crippen molar-refractivity contribution in [1.29, 1.82) is 0 Å². The van der Waals surface area contributed by atoms with E-state index in [0.717, 1.165) is 5.56 Å². The summed E-state index contributed by atoms with van der Waals surface area (Å²) in [6.45, 7) is 4.03.